The van der Waals surface area contributed by atoms with Gasteiger partial charge in [-0.25, -0.2) is 0 Å². The second-order valence-corrected chi connectivity index (χ2v) is 5.83. The number of aliphatic carboxylic acids is 1. The Morgan fingerprint density at radius 3 is 2.53 bits per heavy atom. The van der Waals surface area contributed by atoms with Crippen LogP contribution in [-0.4, -0.2) is 23.0 Å². The summed E-state index contributed by atoms with van der Waals surface area (Å²) in [4.78, 5) is 22.7. The number of carbonyl (C=O) groups excluding carboxylic acids is 1. The van der Waals surface area contributed by atoms with Crippen molar-refractivity contribution in [2.24, 2.45) is 5.92 Å². The molecular formula is C14H16BrNO3. The molecule has 1 amide bonds. The number of carbonyl (C=O) groups is 2. The second-order valence-electron chi connectivity index (χ2n) is 4.92. The molecule has 0 aromatic heterocycles. The summed E-state index contributed by atoms with van der Waals surface area (Å²) in [7, 11) is 0. The first-order valence-electron chi connectivity index (χ1n) is 6.31. The van der Waals surface area contributed by atoms with Crippen LogP contribution in [0.3, 0.4) is 0 Å². The quantitative estimate of drug-likeness (QED) is 0.893. The Labute approximate surface area is 120 Å². The van der Waals surface area contributed by atoms with Gasteiger partial charge in [-0.2, -0.15) is 0 Å². The number of nitrogens with one attached hydrogen (secondary N) is 1. The first kappa shape index (κ1) is 14.1. The number of carboxylic acids is 1. The number of carboxylic acid groups (broad SMARTS) is 1. The van der Waals surface area contributed by atoms with Crippen molar-refractivity contribution >= 4 is 27.8 Å². The van der Waals surface area contributed by atoms with Crippen molar-refractivity contribution in [3.05, 3.63) is 34.3 Å². The van der Waals surface area contributed by atoms with Crippen LogP contribution in [0.5, 0.6) is 0 Å². The molecule has 1 aliphatic rings. The van der Waals surface area contributed by atoms with Crippen molar-refractivity contribution in [3.63, 3.8) is 0 Å². The molecule has 0 bridgehead atoms. The highest BCUT2D eigenvalue weighted by molar-refractivity contribution is 9.10. The Morgan fingerprint density at radius 1 is 1.26 bits per heavy atom. The van der Waals surface area contributed by atoms with Crippen molar-refractivity contribution < 1.29 is 14.7 Å². The van der Waals surface area contributed by atoms with Crippen LogP contribution in [0.2, 0.25) is 0 Å². The smallest absolute Gasteiger partial charge is 0.306 e. The predicted molar refractivity (Wildman–Crippen MR) is 74.8 cm³/mol. The van der Waals surface area contributed by atoms with Crippen LogP contribution in [0.15, 0.2) is 28.7 Å². The molecule has 5 heteroatoms. The maximum absolute atomic E-state index is 11.9. The van der Waals surface area contributed by atoms with E-state index in [1.165, 1.54) is 0 Å². The average molecular weight is 326 g/mol. The molecule has 0 aliphatic heterocycles. The summed E-state index contributed by atoms with van der Waals surface area (Å²) < 4.78 is 0.983. The van der Waals surface area contributed by atoms with E-state index >= 15 is 0 Å². The normalized spacial score (nSPS) is 22.2. The summed E-state index contributed by atoms with van der Waals surface area (Å²) in [6, 6.07) is 7.61. The van der Waals surface area contributed by atoms with Crippen molar-refractivity contribution in [3.8, 4) is 0 Å². The van der Waals surface area contributed by atoms with Gasteiger partial charge >= 0.3 is 5.97 Å². The van der Waals surface area contributed by atoms with Gasteiger partial charge in [0, 0.05) is 10.5 Å². The molecular weight excluding hydrogens is 310 g/mol. The number of hydrogen-bond acceptors (Lipinski definition) is 2. The van der Waals surface area contributed by atoms with E-state index in [-0.39, 0.29) is 17.9 Å². The Kier molecular flexibility index (Phi) is 4.58. The zero-order chi connectivity index (χ0) is 13.8. The van der Waals surface area contributed by atoms with Crippen molar-refractivity contribution in [2.45, 2.75) is 31.7 Å². The highest BCUT2D eigenvalue weighted by Gasteiger charge is 2.30. The van der Waals surface area contributed by atoms with Crippen LogP contribution in [0.25, 0.3) is 0 Å². The van der Waals surface area contributed by atoms with E-state index in [1.807, 2.05) is 24.3 Å². The van der Waals surface area contributed by atoms with Gasteiger partial charge in [-0.1, -0.05) is 28.1 Å². The Bertz CT molecular complexity index is 472. The Hall–Kier alpha value is -1.36. The molecule has 2 N–H and O–H groups in total. The third kappa shape index (κ3) is 4.06. The lowest BCUT2D eigenvalue weighted by atomic mass is 10.1. The number of hydrogen-bond donors (Lipinski definition) is 2. The Morgan fingerprint density at radius 2 is 1.95 bits per heavy atom. The molecule has 1 aliphatic carbocycles. The van der Waals surface area contributed by atoms with Gasteiger partial charge in [-0.05, 0) is 37.0 Å². The second kappa shape index (κ2) is 6.19. The van der Waals surface area contributed by atoms with E-state index in [2.05, 4.69) is 21.2 Å². The summed E-state index contributed by atoms with van der Waals surface area (Å²) in [6.07, 6.45) is 2.28. The lowest BCUT2D eigenvalue weighted by Crippen LogP contribution is -2.34. The van der Waals surface area contributed by atoms with Gasteiger partial charge < -0.3 is 10.4 Å². The van der Waals surface area contributed by atoms with E-state index in [0.29, 0.717) is 19.3 Å². The van der Waals surface area contributed by atoms with Crippen LogP contribution < -0.4 is 5.32 Å². The zero-order valence-corrected chi connectivity index (χ0v) is 12.0. The van der Waals surface area contributed by atoms with Gasteiger partial charge in [-0.3, -0.25) is 9.59 Å². The third-order valence-electron chi connectivity index (χ3n) is 3.42. The maximum Gasteiger partial charge on any atom is 0.306 e. The fourth-order valence-corrected chi connectivity index (χ4v) is 2.67. The van der Waals surface area contributed by atoms with Gasteiger partial charge in [0.2, 0.25) is 5.91 Å². The van der Waals surface area contributed by atoms with Gasteiger partial charge in [0.05, 0.1) is 12.3 Å². The topological polar surface area (TPSA) is 66.4 Å². The first-order chi connectivity index (χ1) is 9.04. The third-order valence-corrected chi connectivity index (χ3v) is 3.95. The van der Waals surface area contributed by atoms with Crippen molar-refractivity contribution in [1.82, 2.24) is 5.32 Å². The minimum Gasteiger partial charge on any atom is -0.481 e. The van der Waals surface area contributed by atoms with Crippen LogP contribution in [0.4, 0.5) is 0 Å². The van der Waals surface area contributed by atoms with E-state index in [9.17, 15) is 9.59 Å². The van der Waals surface area contributed by atoms with Crippen LogP contribution in [0.1, 0.15) is 24.8 Å². The lowest BCUT2D eigenvalue weighted by molar-refractivity contribution is -0.141. The molecule has 4 nitrogen and oxygen atoms in total. The Balaban J connectivity index is 1.82. The SMILES string of the molecule is O=C(Cc1ccc(Br)cc1)NC1CCC(C(=O)O)C1. The molecule has 1 saturated carbocycles. The highest BCUT2D eigenvalue weighted by Crippen LogP contribution is 2.25. The maximum atomic E-state index is 11.9. The van der Waals surface area contributed by atoms with Gasteiger partial charge in [0.25, 0.3) is 0 Å². The lowest BCUT2D eigenvalue weighted by Gasteiger charge is -2.12. The van der Waals surface area contributed by atoms with E-state index < -0.39 is 5.97 Å². The van der Waals surface area contributed by atoms with Crippen LogP contribution in [-0.2, 0) is 16.0 Å². The molecule has 19 heavy (non-hydrogen) atoms. The van der Waals surface area contributed by atoms with Crippen molar-refractivity contribution in [2.75, 3.05) is 0 Å². The summed E-state index contributed by atoms with van der Waals surface area (Å²) in [5.74, 6) is -1.11. The van der Waals surface area contributed by atoms with Crippen LogP contribution >= 0.6 is 15.9 Å². The predicted octanol–water partition coefficient (Wildman–Crippen LogP) is 2.36. The molecule has 1 aromatic rings. The van der Waals surface area contributed by atoms with E-state index in [1.54, 1.807) is 0 Å². The van der Waals surface area contributed by atoms with E-state index in [0.717, 1.165) is 16.5 Å². The zero-order valence-electron chi connectivity index (χ0n) is 10.4. The summed E-state index contributed by atoms with van der Waals surface area (Å²) in [6.45, 7) is 0. The molecule has 0 spiro atoms. The molecule has 0 radical (unpaired) electrons. The summed E-state index contributed by atoms with van der Waals surface area (Å²) >= 11 is 3.35. The standard InChI is InChI=1S/C14H16BrNO3/c15-11-4-1-9(2-5-11)7-13(17)16-12-6-3-10(8-12)14(18)19/h1-2,4-5,10,12H,3,6-8H2,(H,16,17)(H,18,19). The minimum absolute atomic E-state index is 0.00375. The fourth-order valence-electron chi connectivity index (χ4n) is 2.40. The van der Waals surface area contributed by atoms with Gasteiger partial charge in [-0.15, -0.1) is 0 Å². The van der Waals surface area contributed by atoms with Gasteiger partial charge in [0.1, 0.15) is 0 Å². The summed E-state index contributed by atoms with van der Waals surface area (Å²) in [5, 5.41) is 11.8. The number of rotatable bonds is 4. The molecule has 102 valence electrons. The molecule has 0 saturated heterocycles. The number of halogens is 1. The van der Waals surface area contributed by atoms with Crippen LogP contribution in [0, 0.1) is 5.92 Å². The molecule has 2 unspecified atom stereocenters. The van der Waals surface area contributed by atoms with Gasteiger partial charge in [0.15, 0.2) is 0 Å². The molecule has 1 aromatic carbocycles. The monoisotopic (exact) mass is 325 g/mol. The first-order valence-corrected chi connectivity index (χ1v) is 7.10. The van der Waals surface area contributed by atoms with E-state index in [4.69, 9.17) is 5.11 Å². The van der Waals surface area contributed by atoms with Crippen molar-refractivity contribution in [1.29, 1.82) is 0 Å². The molecule has 2 rings (SSSR count). The minimum atomic E-state index is -0.760. The number of benzene rings is 1. The molecule has 2 atom stereocenters. The molecule has 1 fully saturated rings. The number of amides is 1. The largest absolute Gasteiger partial charge is 0.481 e. The molecule has 0 heterocycles. The highest BCUT2D eigenvalue weighted by atomic mass is 79.9. The average Bonchev–Trinajstić information content (AvgIpc) is 2.80. The fraction of sp³-hybridized carbons (Fsp3) is 0.429. The summed E-state index contributed by atoms with van der Waals surface area (Å²) in [5.41, 5.74) is 0.952.